The van der Waals surface area contributed by atoms with E-state index in [-0.39, 0.29) is 6.54 Å². The fraction of sp³-hybridized carbons (Fsp3) is 0.300. The normalized spacial score (nSPS) is 9.87. The summed E-state index contributed by atoms with van der Waals surface area (Å²) in [7, 11) is 2.81. The highest BCUT2D eigenvalue weighted by Gasteiger charge is 2.14. The molecular weight excluding hydrogens is 218 g/mol. The second-order valence-electron chi connectivity index (χ2n) is 2.84. The van der Waals surface area contributed by atoms with Gasteiger partial charge in [-0.15, -0.1) is 0 Å². The molecule has 82 valence electrons. The molecule has 0 bridgehead atoms. The van der Waals surface area contributed by atoms with Crippen LogP contribution >= 0.6 is 11.6 Å². The SMILES string of the molecule is COC(=O)c1cc(Cl)c(OC)cc1CN. The molecule has 0 saturated carbocycles. The van der Waals surface area contributed by atoms with Crippen LogP contribution in [0, 0.1) is 0 Å². The Bertz CT molecular complexity index is 379. The number of nitrogens with two attached hydrogens (primary N) is 1. The van der Waals surface area contributed by atoms with Crippen molar-refractivity contribution in [3.8, 4) is 5.75 Å². The maximum absolute atomic E-state index is 11.4. The van der Waals surface area contributed by atoms with Crippen LogP contribution in [0.15, 0.2) is 12.1 Å². The van der Waals surface area contributed by atoms with Crippen LogP contribution in [0.25, 0.3) is 0 Å². The zero-order valence-corrected chi connectivity index (χ0v) is 9.30. The molecule has 15 heavy (non-hydrogen) atoms. The van der Waals surface area contributed by atoms with Gasteiger partial charge in [-0.25, -0.2) is 4.79 Å². The van der Waals surface area contributed by atoms with Gasteiger partial charge in [0.25, 0.3) is 0 Å². The first-order valence-electron chi connectivity index (χ1n) is 4.28. The van der Waals surface area contributed by atoms with E-state index in [0.717, 1.165) is 0 Å². The van der Waals surface area contributed by atoms with Crippen molar-refractivity contribution in [3.05, 3.63) is 28.3 Å². The standard InChI is InChI=1S/C10H12ClNO3/c1-14-9-3-6(5-12)7(4-8(9)11)10(13)15-2/h3-4H,5,12H2,1-2H3. The summed E-state index contributed by atoms with van der Waals surface area (Å²) in [6.45, 7) is 0.220. The Morgan fingerprint density at radius 1 is 1.47 bits per heavy atom. The number of carbonyl (C=O) groups excluding carboxylic acids is 1. The van der Waals surface area contributed by atoms with Crippen LogP contribution in [0.1, 0.15) is 15.9 Å². The van der Waals surface area contributed by atoms with E-state index < -0.39 is 5.97 Å². The number of hydrogen-bond donors (Lipinski definition) is 1. The average Bonchev–Trinajstić information content (AvgIpc) is 2.27. The largest absolute Gasteiger partial charge is 0.495 e. The van der Waals surface area contributed by atoms with Gasteiger partial charge in [0.15, 0.2) is 0 Å². The van der Waals surface area contributed by atoms with E-state index in [4.69, 9.17) is 22.1 Å². The van der Waals surface area contributed by atoms with Crippen LogP contribution in [-0.2, 0) is 11.3 Å². The molecule has 0 atom stereocenters. The highest BCUT2D eigenvalue weighted by molar-refractivity contribution is 6.32. The first kappa shape index (κ1) is 11.8. The predicted octanol–water partition coefficient (Wildman–Crippen LogP) is 1.59. The first-order chi connectivity index (χ1) is 7.13. The van der Waals surface area contributed by atoms with Gasteiger partial charge in [-0.3, -0.25) is 0 Å². The van der Waals surface area contributed by atoms with E-state index >= 15 is 0 Å². The molecule has 0 aliphatic heterocycles. The first-order valence-corrected chi connectivity index (χ1v) is 4.66. The van der Waals surface area contributed by atoms with Gasteiger partial charge in [-0.1, -0.05) is 11.6 Å². The molecule has 1 aromatic carbocycles. The minimum absolute atomic E-state index is 0.220. The van der Waals surface area contributed by atoms with Crippen molar-refractivity contribution in [2.75, 3.05) is 14.2 Å². The highest BCUT2D eigenvalue weighted by Crippen LogP contribution is 2.28. The fourth-order valence-corrected chi connectivity index (χ4v) is 1.46. The zero-order valence-electron chi connectivity index (χ0n) is 8.54. The maximum atomic E-state index is 11.4. The summed E-state index contributed by atoms with van der Waals surface area (Å²) in [6.07, 6.45) is 0. The van der Waals surface area contributed by atoms with Crippen LogP contribution in [-0.4, -0.2) is 20.2 Å². The van der Waals surface area contributed by atoms with Gasteiger partial charge < -0.3 is 15.2 Å². The third kappa shape index (κ3) is 2.40. The Morgan fingerprint density at radius 2 is 2.13 bits per heavy atom. The molecule has 2 N–H and O–H groups in total. The monoisotopic (exact) mass is 229 g/mol. The van der Waals surface area contributed by atoms with Gasteiger partial charge in [0, 0.05) is 6.54 Å². The average molecular weight is 230 g/mol. The Kier molecular flexibility index (Phi) is 3.94. The maximum Gasteiger partial charge on any atom is 0.338 e. The number of halogens is 1. The number of ether oxygens (including phenoxy) is 2. The van der Waals surface area contributed by atoms with Crippen molar-refractivity contribution in [3.63, 3.8) is 0 Å². The van der Waals surface area contributed by atoms with Crippen molar-refractivity contribution >= 4 is 17.6 Å². The van der Waals surface area contributed by atoms with E-state index in [1.54, 1.807) is 6.07 Å². The molecule has 1 aromatic rings. The summed E-state index contributed by atoms with van der Waals surface area (Å²) in [5.74, 6) is 0.0322. The van der Waals surface area contributed by atoms with E-state index in [2.05, 4.69) is 4.74 Å². The van der Waals surface area contributed by atoms with E-state index in [0.29, 0.717) is 21.9 Å². The van der Waals surface area contributed by atoms with Gasteiger partial charge in [0.05, 0.1) is 24.8 Å². The van der Waals surface area contributed by atoms with Crippen molar-refractivity contribution in [2.24, 2.45) is 5.73 Å². The number of benzene rings is 1. The molecule has 0 saturated heterocycles. The fourth-order valence-electron chi connectivity index (χ4n) is 1.22. The van der Waals surface area contributed by atoms with Crippen LogP contribution in [0.5, 0.6) is 5.75 Å². The molecule has 1 rings (SSSR count). The summed E-state index contributed by atoms with van der Waals surface area (Å²) in [6, 6.07) is 3.13. The smallest absolute Gasteiger partial charge is 0.338 e. The predicted molar refractivity (Wildman–Crippen MR) is 57.2 cm³/mol. The summed E-state index contributed by atoms with van der Waals surface area (Å²) in [4.78, 5) is 11.4. The molecule has 0 fully saturated rings. The summed E-state index contributed by atoms with van der Waals surface area (Å²) < 4.78 is 9.63. The Balaban J connectivity index is 3.27. The third-order valence-electron chi connectivity index (χ3n) is 2.00. The molecule has 0 radical (unpaired) electrons. The van der Waals surface area contributed by atoms with Crippen molar-refractivity contribution in [1.29, 1.82) is 0 Å². The minimum Gasteiger partial charge on any atom is -0.495 e. The number of esters is 1. The molecular formula is C10H12ClNO3. The summed E-state index contributed by atoms with van der Waals surface area (Å²) in [5.41, 5.74) is 6.52. The lowest BCUT2D eigenvalue weighted by molar-refractivity contribution is 0.0599. The second kappa shape index (κ2) is 5.00. The number of hydrogen-bond acceptors (Lipinski definition) is 4. The van der Waals surface area contributed by atoms with Gasteiger partial charge >= 0.3 is 5.97 Å². The minimum atomic E-state index is -0.458. The van der Waals surface area contributed by atoms with E-state index in [1.165, 1.54) is 20.3 Å². The van der Waals surface area contributed by atoms with E-state index in [1.807, 2.05) is 0 Å². The molecule has 4 nitrogen and oxygen atoms in total. The van der Waals surface area contributed by atoms with Crippen LogP contribution in [0.2, 0.25) is 5.02 Å². The summed E-state index contributed by atoms with van der Waals surface area (Å²) >= 11 is 5.89. The van der Waals surface area contributed by atoms with Crippen LogP contribution < -0.4 is 10.5 Å². The van der Waals surface area contributed by atoms with Crippen molar-refractivity contribution in [2.45, 2.75) is 6.54 Å². The third-order valence-corrected chi connectivity index (χ3v) is 2.30. The Morgan fingerprint density at radius 3 is 2.60 bits per heavy atom. The number of rotatable bonds is 3. The van der Waals surface area contributed by atoms with Crippen LogP contribution in [0.4, 0.5) is 0 Å². The van der Waals surface area contributed by atoms with Gasteiger partial charge in [0.2, 0.25) is 0 Å². The Labute approximate surface area is 92.9 Å². The molecule has 0 amide bonds. The lowest BCUT2D eigenvalue weighted by Gasteiger charge is -2.09. The highest BCUT2D eigenvalue weighted by atomic mass is 35.5. The van der Waals surface area contributed by atoms with Crippen molar-refractivity contribution in [1.82, 2.24) is 0 Å². The lowest BCUT2D eigenvalue weighted by atomic mass is 10.1. The van der Waals surface area contributed by atoms with Crippen LogP contribution in [0.3, 0.4) is 0 Å². The molecule has 0 aliphatic carbocycles. The molecule has 5 heteroatoms. The van der Waals surface area contributed by atoms with Crippen molar-refractivity contribution < 1.29 is 14.3 Å². The summed E-state index contributed by atoms with van der Waals surface area (Å²) in [5, 5.41) is 0.357. The molecule has 0 spiro atoms. The molecule has 0 unspecified atom stereocenters. The number of methoxy groups -OCH3 is 2. The topological polar surface area (TPSA) is 61.5 Å². The number of carbonyl (C=O) groups is 1. The lowest BCUT2D eigenvalue weighted by Crippen LogP contribution is -2.09. The van der Waals surface area contributed by atoms with Gasteiger partial charge in [-0.2, -0.15) is 0 Å². The zero-order chi connectivity index (χ0) is 11.4. The molecule has 0 aliphatic rings. The Hall–Kier alpha value is -1.26. The van der Waals surface area contributed by atoms with Gasteiger partial charge in [-0.05, 0) is 17.7 Å². The molecule has 0 aromatic heterocycles. The molecule has 0 heterocycles. The van der Waals surface area contributed by atoms with E-state index in [9.17, 15) is 4.79 Å². The quantitative estimate of drug-likeness (QED) is 0.800. The second-order valence-corrected chi connectivity index (χ2v) is 3.25. The van der Waals surface area contributed by atoms with Gasteiger partial charge in [0.1, 0.15) is 5.75 Å².